The van der Waals surface area contributed by atoms with E-state index in [4.69, 9.17) is 0 Å². The zero-order chi connectivity index (χ0) is 9.38. The molecule has 0 fully saturated rings. The lowest BCUT2D eigenvalue weighted by Gasteiger charge is -2.06. The number of hydrogen-bond acceptors (Lipinski definition) is 0. The first-order valence-corrected chi connectivity index (χ1v) is 4.95. The van der Waals surface area contributed by atoms with Crippen LogP contribution in [0.25, 0.3) is 16.8 Å². The van der Waals surface area contributed by atoms with Gasteiger partial charge >= 0.3 is 0 Å². The highest BCUT2D eigenvalue weighted by molar-refractivity contribution is 5.86. The standard InChI is InChI=1S/C14H11/c1-2-6-12-10-14-8-4-3-7-13(14)9-11(12)5-1/h1-7,9-10H,8H2/q+1. The molecule has 0 atom stereocenters. The van der Waals surface area contributed by atoms with E-state index in [-0.39, 0.29) is 0 Å². The molecule has 0 aromatic heterocycles. The minimum Gasteiger partial charge on any atom is -0.0616 e. The number of hydrogen-bond donors (Lipinski definition) is 0. The first kappa shape index (κ1) is 7.69. The average Bonchev–Trinajstić information content (AvgIpc) is 2.26. The molecule has 0 amide bonds. The van der Waals surface area contributed by atoms with E-state index < -0.39 is 0 Å². The van der Waals surface area contributed by atoms with Gasteiger partial charge in [0.15, 0.2) is 0 Å². The molecule has 0 heteroatoms. The lowest BCUT2D eigenvalue weighted by Crippen LogP contribution is -1.94. The highest BCUT2D eigenvalue weighted by Gasteiger charge is 2.11. The Labute approximate surface area is 83.9 Å². The molecule has 0 N–H and O–H groups in total. The molecule has 0 saturated heterocycles. The third-order valence-electron chi connectivity index (χ3n) is 2.76. The summed E-state index contributed by atoms with van der Waals surface area (Å²) in [5.41, 5.74) is 2.80. The second-order valence-electron chi connectivity index (χ2n) is 3.70. The molecular formula is C14H11+. The molecule has 0 unspecified atom stereocenters. The van der Waals surface area contributed by atoms with Crippen molar-refractivity contribution in [2.45, 2.75) is 6.42 Å². The van der Waals surface area contributed by atoms with Gasteiger partial charge in [0, 0.05) is 12.0 Å². The minimum absolute atomic E-state index is 1.07. The van der Waals surface area contributed by atoms with Gasteiger partial charge in [-0.1, -0.05) is 24.3 Å². The van der Waals surface area contributed by atoms with E-state index in [0.717, 1.165) is 6.42 Å². The molecule has 0 heterocycles. The van der Waals surface area contributed by atoms with E-state index in [1.807, 2.05) is 0 Å². The van der Waals surface area contributed by atoms with Gasteiger partial charge in [-0.05, 0) is 22.9 Å². The van der Waals surface area contributed by atoms with Crippen LogP contribution in [0.15, 0.2) is 42.5 Å². The Bertz CT molecular complexity index is 506. The lowest BCUT2D eigenvalue weighted by molar-refractivity contribution is 1.18. The summed E-state index contributed by atoms with van der Waals surface area (Å²) in [5.74, 6) is 0. The molecule has 1 aliphatic carbocycles. The Morgan fingerprint density at radius 1 is 1.00 bits per heavy atom. The van der Waals surface area contributed by atoms with Crippen molar-refractivity contribution in [2.24, 2.45) is 0 Å². The minimum atomic E-state index is 1.07. The van der Waals surface area contributed by atoms with Crippen LogP contribution in [-0.2, 0) is 6.42 Å². The zero-order valence-corrected chi connectivity index (χ0v) is 7.90. The van der Waals surface area contributed by atoms with Crippen LogP contribution in [0.2, 0.25) is 0 Å². The highest BCUT2D eigenvalue weighted by Crippen LogP contribution is 2.24. The predicted octanol–water partition coefficient (Wildman–Crippen LogP) is 3.61. The largest absolute Gasteiger partial charge is 0.0949 e. The van der Waals surface area contributed by atoms with E-state index in [1.165, 1.54) is 21.9 Å². The Morgan fingerprint density at radius 2 is 1.79 bits per heavy atom. The number of allylic oxidation sites excluding steroid dienone is 1. The summed E-state index contributed by atoms with van der Waals surface area (Å²) in [6, 6.07) is 13.1. The van der Waals surface area contributed by atoms with Crippen LogP contribution in [-0.4, -0.2) is 0 Å². The molecule has 0 radical (unpaired) electrons. The Hall–Kier alpha value is -1.69. The average molecular weight is 179 g/mol. The Morgan fingerprint density at radius 3 is 2.64 bits per heavy atom. The summed E-state index contributed by atoms with van der Waals surface area (Å²) in [6.45, 7) is 0. The van der Waals surface area contributed by atoms with Gasteiger partial charge in [-0.3, -0.25) is 0 Å². The van der Waals surface area contributed by atoms with Gasteiger partial charge in [-0.15, -0.1) is 0 Å². The van der Waals surface area contributed by atoms with Gasteiger partial charge in [-0.2, -0.15) is 0 Å². The summed E-state index contributed by atoms with van der Waals surface area (Å²) in [7, 11) is 0. The van der Waals surface area contributed by atoms with Crippen molar-refractivity contribution in [1.29, 1.82) is 0 Å². The molecule has 14 heavy (non-hydrogen) atoms. The maximum Gasteiger partial charge on any atom is 0.0949 e. The van der Waals surface area contributed by atoms with Crippen molar-refractivity contribution in [3.8, 4) is 0 Å². The summed E-state index contributed by atoms with van der Waals surface area (Å²) in [4.78, 5) is 0. The number of rotatable bonds is 0. The van der Waals surface area contributed by atoms with Crippen LogP contribution in [0, 0.1) is 6.42 Å². The van der Waals surface area contributed by atoms with E-state index >= 15 is 0 Å². The van der Waals surface area contributed by atoms with Crippen LogP contribution in [0.3, 0.4) is 0 Å². The van der Waals surface area contributed by atoms with Crippen molar-refractivity contribution in [3.63, 3.8) is 0 Å². The molecule has 3 rings (SSSR count). The van der Waals surface area contributed by atoms with Crippen molar-refractivity contribution in [2.75, 3.05) is 0 Å². The quantitative estimate of drug-likeness (QED) is 0.542. The highest BCUT2D eigenvalue weighted by atomic mass is 14.1. The molecule has 0 nitrogen and oxygen atoms in total. The fourth-order valence-electron chi connectivity index (χ4n) is 2.00. The van der Waals surface area contributed by atoms with Gasteiger partial charge in [0.1, 0.15) is 0 Å². The van der Waals surface area contributed by atoms with Gasteiger partial charge < -0.3 is 0 Å². The normalized spacial score (nSPS) is 13.7. The molecule has 0 saturated carbocycles. The third kappa shape index (κ3) is 1.12. The predicted molar refractivity (Wildman–Crippen MR) is 61.0 cm³/mol. The first-order chi connectivity index (χ1) is 6.93. The van der Waals surface area contributed by atoms with Crippen LogP contribution in [0.4, 0.5) is 0 Å². The van der Waals surface area contributed by atoms with E-state index in [0.29, 0.717) is 0 Å². The Balaban J connectivity index is 2.34. The number of benzene rings is 2. The maximum absolute atomic E-state index is 2.30. The van der Waals surface area contributed by atoms with Gasteiger partial charge in [0.25, 0.3) is 0 Å². The molecule has 2 aromatic rings. The summed E-state index contributed by atoms with van der Waals surface area (Å²) in [5, 5.41) is 2.67. The van der Waals surface area contributed by atoms with E-state index in [1.54, 1.807) is 0 Å². The first-order valence-electron chi connectivity index (χ1n) is 4.95. The zero-order valence-electron chi connectivity index (χ0n) is 7.90. The van der Waals surface area contributed by atoms with Crippen LogP contribution in [0.1, 0.15) is 11.1 Å². The molecule has 0 spiro atoms. The molecule has 0 bridgehead atoms. The van der Waals surface area contributed by atoms with Crippen molar-refractivity contribution < 1.29 is 0 Å². The molecule has 1 aliphatic rings. The van der Waals surface area contributed by atoms with Gasteiger partial charge in [0.05, 0.1) is 24.1 Å². The fraction of sp³-hybridized carbons (Fsp3) is 0.0714. The topological polar surface area (TPSA) is 0 Å². The molecule has 66 valence electrons. The van der Waals surface area contributed by atoms with E-state index in [2.05, 4.69) is 55.0 Å². The number of fused-ring (bicyclic) bond motifs is 2. The van der Waals surface area contributed by atoms with Crippen LogP contribution in [0.5, 0.6) is 0 Å². The van der Waals surface area contributed by atoms with Crippen LogP contribution < -0.4 is 0 Å². The van der Waals surface area contributed by atoms with Crippen molar-refractivity contribution in [1.82, 2.24) is 0 Å². The maximum atomic E-state index is 2.30. The second kappa shape index (κ2) is 2.91. The van der Waals surface area contributed by atoms with Gasteiger partial charge in [-0.25, -0.2) is 0 Å². The lowest BCUT2D eigenvalue weighted by atomic mass is 9.94. The fourth-order valence-corrected chi connectivity index (χ4v) is 2.00. The van der Waals surface area contributed by atoms with Crippen molar-refractivity contribution in [3.05, 3.63) is 60.0 Å². The molecule has 2 aromatic carbocycles. The molecule has 0 aliphatic heterocycles. The monoisotopic (exact) mass is 179 g/mol. The van der Waals surface area contributed by atoms with Crippen molar-refractivity contribution >= 4 is 16.8 Å². The second-order valence-corrected chi connectivity index (χ2v) is 3.70. The summed E-state index contributed by atoms with van der Waals surface area (Å²) >= 11 is 0. The SMILES string of the molecule is C1=Cc2cc3ccccc3cc2C[CH+]1. The van der Waals surface area contributed by atoms with E-state index in [9.17, 15) is 0 Å². The Kier molecular flexibility index (Phi) is 1.60. The van der Waals surface area contributed by atoms with Gasteiger partial charge in [0.2, 0.25) is 0 Å². The summed E-state index contributed by atoms with van der Waals surface area (Å²) in [6.07, 6.45) is 7.59. The smallest absolute Gasteiger partial charge is 0.0616 e. The molecular weight excluding hydrogens is 168 g/mol. The third-order valence-corrected chi connectivity index (χ3v) is 2.76. The summed E-state index contributed by atoms with van der Waals surface area (Å²) < 4.78 is 0. The van der Waals surface area contributed by atoms with Crippen LogP contribution >= 0.6 is 0 Å².